The molecule has 3 atom stereocenters. The first kappa shape index (κ1) is 24.6. The van der Waals surface area contributed by atoms with E-state index in [9.17, 15) is 4.79 Å². The minimum absolute atomic E-state index is 0.0862. The van der Waals surface area contributed by atoms with E-state index in [4.69, 9.17) is 14.6 Å². The summed E-state index contributed by atoms with van der Waals surface area (Å²) in [5, 5.41) is 9.14. The first-order chi connectivity index (χ1) is 19.1. The predicted molar refractivity (Wildman–Crippen MR) is 152 cm³/mol. The highest BCUT2D eigenvalue weighted by atomic mass is 16.5. The second-order valence-corrected chi connectivity index (χ2v) is 11.4. The van der Waals surface area contributed by atoms with Gasteiger partial charge in [0.1, 0.15) is 11.5 Å². The van der Waals surface area contributed by atoms with Crippen molar-refractivity contribution in [2.75, 3.05) is 33.4 Å². The second kappa shape index (κ2) is 9.61. The lowest BCUT2D eigenvalue weighted by Gasteiger charge is -2.31. The number of H-pyrrole nitrogens is 1. The largest absolute Gasteiger partial charge is 0.497 e. The Morgan fingerprint density at radius 3 is 2.79 bits per heavy atom. The van der Waals surface area contributed by atoms with E-state index in [2.05, 4.69) is 71.5 Å². The number of ketones is 1. The molecule has 2 fully saturated rings. The summed E-state index contributed by atoms with van der Waals surface area (Å²) < 4.78 is 11.1. The summed E-state index contributed by atoms with van der Waals surface area (Å²) in [6, 6.07) is 21.6. The van der Waals surface area contributed by atoms with E-state index in [1.165, 1.54) is 22.3 Å². The summed E-state index contributed by atoms with van der Waals surface area (Å²) in [4.78, 5) is 16.3. The summed E-state index contributed by atoms with van der Waals surface area (Å²) >= 11 is 0. The topological polar surface area (TPSA) is 67.5 Å². The number of rotatable bonds is 6. The van der Waals surface area contributed by atoms with Gasteiger partial charge in [-0.05, 0) is 65.8 Å². The van der Waals surface area contributed by atoms with E-state index in [0.29, 0.717) is 5.78 Å². The van der Waals surface area contributed by atoms with Gasteiger partial charge in [-0.2, -0.15) is 5.10 Å². The van der Waals surface area contributed by atoms with E-state index in [-0.39, 0.29) is 11.8 Å². The quantitative estimate of drug-likeness (QED) is 0.355. The van der Waals surface area contributed by atoms with Gasteiger partial charge in [0, 0.05) is 42.4 Å². The molecule has 6 nitrogen and oxygen atoms in total. The predicted octanol–water partition coefficient (Wildman–Crippen LogP) is 5.65. The van der Waals surface area contributed by atoms with Gasteiger partial charge in [-0.3, -0.25) is 14.8 Å². The van der Waals surface area contributed by atoms with Gasteiger partial charge in [0.25, 0.3) is 0 Å². The molecular weight excluding hydrogens is 486 g/mol. The molecule has 1 aliphatic heterocycles. The van der Waals surface area contributed by atoms with Gasteiger partial charge in [0.05, 0.1) is 36.9 Å². The number of hydrogen-bond donors (Lipinski definition) is 1. The SMILES string of the molecule is CCC1Cc2ccc(OC)cc2C2(CC2c2ccc3c(-c4cccc(CN5CCOCC5)c4)n[nH]c3c2)C1=O. The van der Waals surface area contributed by atoms with E-state index in [0.717, 1.165) is 80.0 Å². The lowest BCUT2D eigenvalue weighted by Crippen LogP contribution is -2.36. The summed E-state index contributed by atoms with van der Waals surface area (Å²) in [6.45, 7) is 6.61. The average Bonchev–Trinajstić information content (AvgIpc) is 3.58. The van der Waals surface area contributed by atoms with Crippen LogP contribution in [0.1, 0.15) is 47.9 Å². The third-order valence-electron chi connectivity index (χ3n) is 9.23. The number of hydrogen-bond acceptors (Lipinski definition) is 5. The molecule has 0 bridgehead atoms. The Morgan fingerprint density at radius 1 is 1.10 bits per heavy atom. The number of Topliss-reactive ketones (excluding diaryl/α,β-unsaturated/α-hetero) is 1. The van der Waals surface area contributed by atoms with Crippen LogP contribution in [0.15, 0.2) is 60.7 Å². The number of nitrogens with zero attached hydrogens (tertiary/aromatic N) is 2. The molecule has 1 N–H and O–H groups in total. The van der Waals surface area contributed by atoms with Crippen molar-refractivity contribution in [3.05, 3.63) is 82.9 Å². The van der Waals surface area contributed by atoms with Crippen LogP contribution in [-0.4, -0.2) is 54.3 Å². The van der Waals surface area contributed by atoms with E-state index < -0.39 is 5.41 Å². The summed E-state index contributed by atoms with van der Waals surface area (Å²) in [6.07, 6.45) is 2.57. The Kier molecular flexibility index (Phi) is 6.05. The van der Waals surface area contributed by atoms with Gasteiger partial charge >= 0.3 is 0 Å². The van der Waals surface area contributed by atoms with Crippen LogP contribution in [0, 0.1) is 5.92 Å². The number of aromatic nitrogens is 2. The Bertz CT molecular complexity index is 1550. The Hall–Kier alpha value is -3.48. The standard InChI is InChI=1S/C33H35N3O3/c1-3-22-16-23-7-9-26(38-2)18-28(23)33(32(22)37)19-29(33)24-8-10-27-30(17-24)34-35-31(27)25-6-4-5-21(15-25)20-36-11-13-39-14-12-36/h4-10,15,17-18,22,29H,3,11-14,16,19-20H2,1-2H3,(H,34,35). The molecule has 2 heterocycles. The number of aromatic amines is 1. The molecule has 1 saturated heterocycles. The molecule has 3 aliphatic rings. The second-order valence-electron chi connectivity index (χ2n) is 11.4. The zero-order valence-electron chi connectivity index (χ0n) is 22.7. The fourth-order valence-electron chi connectivity index (χ4n) is 7.00. The minimum Gasteiger partial charge on any atom is -0.497 e. The lowest BCUT2D eigenvalue weighted by atomic mass is 9.71. The fourth-order valence-corrected chi connectivity index (χ4v) is 7.00. The van der Waals surface area contributed by atoms with Gasteiger partial charge in [-0.25, -0.2) is 0 Å². The van der Waals surface area contributed by atoms with Crippen molar-refractivity contribution < 1.29 is 14.3 Å². The van der Waals surface area contributed by atoms with Crippen molar-refractivity contribution in [2.45, 2.75) is 44.1 Å². The number of morpholine rings is 1. The van der Waals surface area contributed by atoms with Crippen molar-refractivity contribution in [3.8, 4) is 17.0 Å². The molecule has 7 rings (SSSR count). The zero-order chi connectivity index (χ0) is 26.6. The van der Waals surface area contributed by atoms with Crippen LogP contribution >= 0.6 is 0 Å². The Balaban J connectivity index is 1.20. The molecule has 3 aromatic carbocycles. The Morgan fingerprint density at radius 2 is 1.97 bits per heavy atom. The van der Waals surface area contributed by atoms with Crippen molar-refractivity contribution in [2.24, 2.45) is 5.92 Å². The van der Waals surface area contributed by atoms with Crippen LogP contribution in [0.4, 0.5) is 0 Å². The number of carbonyl (C=O) groups is 1. The smallest absolute Gasteiger partial charge is 0.147 e. The number of ether oxygens (including phenoxy) is 2. The highest BCUT2D eigenvalue weighted by Gasteiger charge is 2.64. The van der Waals surface area contributed by atoms with Crippen molar-refractivity contribution in [1.82, 2.24) is 15.1 Å². The van der Waals surface area contributed by atoms with Crippen molar-refractivity contribution >= 4 is 16.7 Å². The maximum atomic E-state index is 13.8. The first-order valence-electron chi connectivity index (χ1n) is 14.2. The average molecular weight is 522 g/mol. The van der Waals surface area contributed by atoms with Gasteiger partial charge in [0.2, 0.25) is 0 Å². The van der Waals surface area contributed by atoms with Gasteiger partial charge in [-0.15, -0.1) is 0 Å². The molecule has 4 aromatic rings. The van der Waals surface area contributed by atoms with Crippen molar-refractivity contribution in [1.29, 1.82) is 0 Å². The number of fused-ring (bicyclic) bond motifs is 3. The zero-order valence-corrected chi connectivity index (χ0v) is 22.7. The summed E-state index contributed by atoms with van der Waals surface area (Å²) in [5.74, 6) is 1.49. The monoisotopic (exact) mass is 521 g/mol. The van der Waals surface area contributed by atoms with E-state index >= 15 is 0 Å². The highest BCUT2D eigenvalue weighted by molar-refractivity contribution is 6.00. The van der Waals surface area contributed by atoms with Crippen LogP contribution in [-0.2, 0) is 27.9 Å². The van der Waals surface area contributed by atoms with E-state index in [1.807, 2.05) is 6.07 Å². The molecular formula is C33H35N3O3. The molecule has 0 radical (unpaired) electrons. The number of carbonyl (C=O) groups excluding carboxylic acids is 1. The number of nitrogens with one attached hydrogen (secondary N) is 1. The molecule has 3 unspecified atom stereocenters. The van der Waals surface area contributed by atoms with Crippen LogP contribution in [0.3, 0.4) is 0 Å². The molecule has 1 saturated carbocycles. The van der Waals surface area contributed by atoms with Gasteiger partial charge < -0.3 is 9.47 Å². The molecule has 1 aromatic heterocycles. The molecule has 6 heteroatoms. The molecule has 200 valence electrons. The van der Waals surface area contributed by atoms with Crippen molar-refractivity contribution in [3.63, 3.8) is 0 Å². The van der Waals surface area contributed by atoms with Crippen LogP contribution in [0.5, 0.6) is 5.75 Å². The third kappa shape index (κ3) is 4.09. The maximum Gasteiger partial charge on any atom is 0.147 e. The molecule has 0 amide bonds. The summed E-state index contributed by atoms with van der Waals surface area (Å²) in [7, 11) is 1.69. The van der Waals surface area contributed by atoms with E-state index in [1.54, 1.807) is 7.11 Å². The Labute approximate surface area is 229 Å². The normalized spacial score (nSPS) is 24.7. The highest BCUT2D eigenvalue weighted by Crippen LogP contribution is 2.65. The fraction of sp³-hybridized carbons (Fsp3) is 0.394. The number of methoxy groups -OCH3 is 1. The molecule has 2 aliphatic carbocycles. The first-order valence-corrected chi connectivity index (χ1v) is 14.2. The lowest BCUT2D eigenvalue weighted by molar-refractivity contribution is -0.126. The molecule has 39 heavy (non-hydrogen) atoms. The van der Waals surface area contributed by atoms with Crippen LogP contribution < -0.4 is 4.74 Å². The minimum atomic E-state index is -0.437. The summed E-state index contributed by atoms with van der Waals surface area (Å²) in [5.41, 5.74) is 7.64. The van der Waals surface area contributed by atoms with Crippen LogP contribution in [0.25, 0.3) is 22.2 Å². The van der Waals surface area contributed by atoms with Crippen LogP contribution in [0.2, 0.25) is 0 Å². The van der Waals surface area contributed by atoms with Gasteiger partial charge in [-0.1, -0.05) is 43.3 Å². The molecule has 1 spiro atoms. The third-order valence-corrected chi connectivity index (χ3v) is 9.23. The number of benzene rings is 3. The maximum absolute atomic E-state index is 13.8. The van der Waals surface area contributed by atoms with Gasteiger partial charge in [0.15, 0.2) is 0 Å².